The van der Waals surface area contributed by atoms with Gasteiger partial charge in [0.05, 0.1) is 0 Å². The Bertz CT molecular complexity index is 15.5. The number of quaternary nitrogens is 1. The van der Waals surface area contributed by atoms with Crippen molar-refractivity contribution in [3.8, 4) is 0 Å². The Labute approximate surface area is 48.0 Å². The highest BCUT2D eigenvalue weighted by Crippen LogP contribution is 1.35. The first-order valence-electron chi connectivity index (χ1n) is 1.03. The maximum atomic E-state index is 4.62. The Hall–Kier alpha value is -0.320. The van der Waals surface area contributed by atoms with Crippen molar-refractivity contribution < 1.29 is 4.92 Å². The number of hydrogen-bond acceptors (Lipinski definition) is 7. The summed E-state index contributed by atoms with van der Waals surface area (Å²) in [6.45, 7) is 0. The second kappa shape index (κ2) is 6.68. The average molecular weight is 129 g/mol. The topological polar surface area (TPSA) is 209 Å². The Morgan fingerprint density at radius 2 is 0.625 bits per heavy atom. The van der Waals surface area contributed by atoms with Crippen molar-refractivity contribution in [3.05, 3.63) is 0 Å². The monoisotopic (exact) mass is 129 g/mol. The number of hydrogen-bond donors (Lipinski definition) is 7. The van der Waals surface area contributed by atoms with Gasteiger partial charge in [0.1, 0.15) is 0 Å². The highest BCUT2D eigenvalue weighted by Gasteiger charge is 1.92. The Morgan fingerprint density at radius 1 is 0.625 bits per heavy atom. The third kappa shape index (κ3) is 1210. The summed E-state index contributed by atoms with van der Waals surface area (Å²) in [6, 6.07) is 0. The number of rotatable bonds is 0. The van der Waals surface area contributed by atoms with Gasteiger partial charge >= 0.3 is 0 Å². The van der Waals surface area contributed by atoms with Crippen LogP contribution in [0, 0.1) is 0 Å². The van der Waals surface area contributed by atoms with Crippen LogP contribution in [0.1, 0.15) is 0 Å². The van der Waals surface area contributed by atoms with Gasteiger partial charge in [0.2, 0.25) is 0 Å². The molecule has 0 amide bonds. The zero-order valence-electron chi connectivity index (χ0n) is 4.88. The lowest BCUT2D eigenvalue weighted by Gasteiger charge is -2.08. The van der Waals surface area contributed by atoms with E-state index in [0.717, 1.165) is 0 Å². The maximum Gasteiger partial charge on any atom is -0.0335 e. The molecule has 0 heterocycles. The van der Waals surface area contributed by atoms with Gasteiger partial charge in [0.25, 0.3) is 0 Å². The smallest absolute Gasteiger partial charge is 0.0335 e. The average Bonchev–Trinajstić information content (AvgIpc) is 0.722. The minimum atomic E-state index is -1.00. The molecule has 8 heteroatoms. The standard InChI is InChI=1S/H8N5.3H3N/c1-5(2,3)4;;;/h1-4H2;3*1H3/q+1;;;. The molecule has 0 radical (unpaired) electrons. The zero-order valence-corrected chi connectivity index (χ0v) is 4.88. The van der Waals surface area contributed by atoms with E-state index in [1.54, 1.807) is 0 Å². The molecule has 0 fully saturated rings. The van der Waals surface area contributed by atoms with Gasteiger partial charge in [-0.1, -0.05) is 0 Å². The van der Waals surface area contributed by atoms with Crippen molar-refractivity contribution in [1.82, 2.24) is 18.5 Å². The molecule has 0 aromatic rings. The molecule has 0 rings (SSSR count). The lowest BCUT2D eigenvalue weighted by atomic mass is 12.0. The first-order valence-corrected chi connectivity index (χ1v) is 1.03. The molecule has 0 saturated carbocycles. The SMILES string of the molecule is N.N.N.N[N+](N)(N)N. The molecular weight excluding hydrogens is 112 g/mol. The lowest BCUT2D eigenvalue weighted by Crippen LogP contribution is -2.71. The van der Waals surface area contributed by atoms with Crippen LogP contribution < -0.4 is 41.8 Å². The molecule has 8 heavy (non-hydrogen) atoms. The molecule has 0 aliphatic heterocycles. The number of nitrogens with zero attached hydrogens (tertiary/aromatic N) is 1. The van der Waals surface area contributed by atoms with E-state index >= 15 is 0 Å². The van der Waals surface area contributed by atoms with Crippen LogP contribution in [0.5, 0.6) is 0 Å². The van der Waals surface area contributed by atoms with Crippen molar-refractivity contribution in [2.24, 2.45) is 23.4 Å². The summed E-state index contributed by atoms with van der Waals surface area (Å²) in [6.07, 6.45) is 0. The molecule has 0 aromatic carbocycles. The molecule has 17 N–H and O–H groups in total. The highest BCUT2D eigenvalue weighted by atomic mass is 16.0. The van der Waals surface area contributed by atoms with E-state index in [-0.39, 0.29) is 18.5 Å². The molecule has 0 aromatic heterocycles. The summed E-state index contributed by atoms with van der Waals surface area (Å²) in [7, 11) is 0. The van der Waals surface area contributed by atoms with Gasteiger partial charge in [-0.05, 0) is 4.92 Å². The molecule has 0 aliphatic rings. The van der Waals surface area contributed by atoms with Crippen LogP contribution in [-0.4, -0.2) is 4.92 Å². The van der Waals surface area contributed by atoms with Crippen molar-refractivity contribution in [2.75, 3.05) is 0 Å². The fourth-order valence-electron chi connectivity index (χ4n) is 0. The van der Waals surface area contributed by atoms with Gasteiger partial charge in [0, 0.05) is 0 Å². The van der Waals surface area contributed by atoms with Gasteiger partial charge in [-0.15, -0.1) is 23.4 Å². The van der Waals surface area contributed by atoms with E-state index < -0.39 is 4.92 Å². The van der Waals surface area contributed by atoms with Gasteiger partial charge in [0.15, 0.2) is 0 Å². The third-order valence-electron chi connectivity index (χ3n) is 0. The van der Waals surface area contributed by atoms with Crippen molar-refractivity contribution >= 4 is 0 Å². The molecule has 0 atom stereocenters. The summed E-state index contributed by atoms with van der Waals surface area (Å²) in [4.78, 5) is -1.00. The highest BCUT2D eigenvalue weighted by molar-refractivity contribution is 3.50. The summed E-state index contributed by atoms with van der Waals surface area (Å²) >= 11 is 0. The van der Waals surface area contributed by atoms with E-state index in [4.69, 9.17) is 0 Å². The first-order chi connectivity index (χ1) is 2.00. The Morgan fingerprint density at radius 3 is 0.625 bits per heavy atom. The normalized spacial score (nSPS) is 7.50. The van der Waals surface area contributed by atoms with Crippen LogP contribution in [0.25, 0.3) is 0 Å². The van der Waals surface area contributed by atoms with Gasteiger partial charge in [-0.3, -0.25) is 0 Å². The summed E-state index contributed by atoms with van der Waals surface area (Å²) in [5.74, 6) is 18.5. The van der Waals surface area contributed by atoms with Crippen molar-refractivity contribution in [1.29, 1.82) is 0 Å². The predicted octanol–water partition coefficient (Wildman–Crippen LogP) is -2.22. The molecule has 8 nitrogen and oxygen atoms in total. The van der Waals surface area contributed by atoms with Crippen molar-refractivity contribution in [3.63, 3.8) is 0 Å². The van der Waals surface area contributed by atoms with Crippen LogP contribution in [0.15, 0.2) is 0 Å². The quantitative estimate of drug-likeness (QED) is 0.109. The Balaban J connectivity index is -0.0000000267. The zero-order chi connectivity index (χ0) is 4.50. The molecule has 56 valence electrons. The summed E-state index contributed by atoms with van der Waals surface area (Å²) in [5.41, 5.74) is 0. The second-order valence-electron chi connectivity index (χ2n) is 0.894. The van der Waals surface area contributed by atoms with Crippen molar-refractivity contribution in [2.45, 2.75) is 0 Å². The van der Waals surface area contributed by atoms with E-state index in [9.17, 15) is 0 Å². The first kappa shape index (κ1) is 25.3. The second-order valence-corrected chi connectivity index (χ2v) is 0.894. The van der Waals surface area contributed by atoms with Gasteiger partial charge in [-0.2, -0.15) is 0 Å². The van der Waals surface area contributed by atoms with Gasteiger partial charge in [-0.25, -0.2) is 0 Å². The number of nitrogens with two attached hydrogens (primary N) is 4. The molecule has 0 unspecified atom stereocenters. The minimum absolute atomic E-state index is 0. The van der Waals surface area contributed by atoms with Crippen LogP contribution in [0.3, 0.4) is 0 Å². The molecule has 0 bridgehead atoms. The molecule has 0 saturated heterocycles. The lowest BCUT2D eigenvalue weighted by molar-refractivity contribution is -0.974. The van der Waals surface area contributed by atoms with Crippen LogP contribution >= 0.6 is 0 Å². The van der Waals surface area contributed by atoms with Crippen LogP contribution in [0.4, 0.5) is 0 Å². The van der Waals surface area contributed by atoms with Gasteiger partial charge < -0.3 is 18.5 Å². The van der Waals surface area contributed by atoms with E-state index in [2.05, 4.69) is 23.4 Å². The van der Waals surface area contributed by atoms with Crippen LogP contribution in [0.2, 0.25) is 0 Å². The maximum absolute atomic E-state index is 4.62. The predicted molar refractivity (Wildman–Crippen MR) is 32.1 cm³/mol. The largest absolute Gasteiger partial charge is 0.344 e. The van der Waals surface area contributed by atoms with Crippen LogP contribution in [-0.2, 0) is 0 Å². The third-order valence-corrected chi connectivity index (χ3v) is 0. The molecule has 0 spiro atoms. The van der Waals surface area contributed by atoms with E-state index in [1.165, 1.54) is 0 Å². The fraction of sp³-hybridized carbons (Fsp3) is 0. The molecule has 0 aliphatic carbocycles. The molecular formula is H17N8+. The minimum Gasteiger partial charge on any atom is -0.344 e. The van der Waals surface area contributed by atoms with E-state index in [1.807, 2.05) is 0 Å². The Kier molecular flexibility index (Phi) is 21.1. The fourth-order valence-corrected chi connectivity index (χ4v) is 0. The summed E-state index contributed by atoms with van der Waals surface area (Å²) in [5, 5.41) is 0. The summed E-state index contributed by atoms with van der Waals surface area (Å²) < 4.78 is 0. The van der Waals surface area contributed by atoms with E-state index in [0.29, 0.717) is 0 Å².